The predicted molar refractivity (Wildman–Crippen MR) is 72.7 cm³/mol. The molecule has 4 nitrogen and oxygen atoms in total. The van der Waals surface area contributed by atoms with E-state index in [-0.39, 0.29) is 23.8 Å². The summed E-state index contributed by atoms with van der Waals surface area (Å²) >= 11 is 0. The highest BCUT2D eigenvalue weighted by molar-refractivity contribution is 6.12. The Morgan fingerprint density at radius 1 is 1.21 bits per heavy atom. The van der Waals surface area contributed by atoms with Crippen LogP contribution in [-0.4, -0.2) is 22.8 Å². The van der Waals surface area contributed by atoms with Crippen molar-refractivity contribution >= 4 is 17.5 Å². The van der Waals surface area contributed by atoms with Gasteiger partial charge in [-0.25, -0.2) is 0 Å². The number of carbonyl (C=O) groups excluding carboxylic acids is 2. The summed E-state index contributed by atoms with van der Waals surface area (Å²) in [6, 6.07) is 5.33. The Morgan fingerprint density at radius 2 is 1.89 bits per heavy atom. The van der Waals surface area contributed by atoms with E-state index in [1.807, 2.05) is 6.92 Å². The van der Waals surface area contributed by atoms with E-state index in [9.17, 15) is 9.59 Å². The number of hydrogen-bond donors (Lipinski definition) is 1. The molecule has 0 saturated heterocycles. The molecule has 0 bridgehead atoms. The summed E-state index contributed by atoms with van der Waals surface area (Å²) in [4.78, 5) is 26.5. The Balaban J connectivity index is 2.06. The van der Waals surface area contributed by atoms with Gasteiger partial charge in [-0.1, -0.05) is 18.9 Å². The summed E-state index contributed by atoms with van der Waals surface area (Å²) in [7, 11) is 0. The number of nitrogens with two attached hydrogens (primary N) is 1. The first-order valence-electron chi connectivity index (χ1n) is 6.86. The Labute approximate surface area is 112 Å². The summed E-state index contributed by atoms with van der Waals surface area (Å²) < 4.78 is 0. The van der Waals surface area contributed by atoms with Crippen LogP contribution in [0.2, 0.25) is 0 Å². The van der Waals surface area contributed by atoms with Crippen molar-refractivity contribution in [1.82, 2.24) is 4.90 Å². The molecule has 1 aliphatic heterocycles. The Kier molecular flexibility index (Phi) is 2.81. The summed E-state index contributed by atoms with van der Waals surface area (Å²) in [5.41, 5.74) is 7.74. The summed E-state index contributed by atoms with van der Waals surface area (Å²) in [5.74, 6) is -0.486. The maximum atomic E-state index is 12.6. The second kappa shape index (κ2) is 4.37. The quantitative estimate of drug-likeness (QED) is 0.621. The lowest BCUT2D eigenvalue weighted by Gasteiger charge is -2.35. The molecule has 3 rings (SSSR count). The molecule has 1 unspecified atom stereocenters. The van der Waals surface area contributed by atoms with Gasteiger partial charge in [0.2, 0.25) is 5.91 Å². The van der Waals surface area contributed by atoms with Gasteiger partial charge in [0.15, 0.2) is 0 Å². The van der Waals surface area contributed by atoms with Crippen molar-refractivity contribution < 1.29 is 9.59 Å². The van der Waals surface area contributed by atoms with Gasteiger partial charge >= 0.3 is 0 Å². The molecule has 1 heterocycles. The largest absolute Gasteiger partial charge is 0.399 e. The molecule has 2 amide bonds. The normalized spacial score (nSPS) is 23.8. The van der Waals surface area contributed by atoms with Crippen LogP contribution in [0.3, 0.4) is 0 Å². The Bertz CT molecular complexity index is 547. The highest BCUT2D eigenvalue weighted by atomic mass is 16.2. The van der Waals surface area contributed by atoms with Crippen LogP contribution in [0.5, 0.6) is 0 Å². The third-order valence-corrected chi connectivity index (χ3v) is 4.29. The number of carbonyl (C=O) groups is 2. The van der Waals surface area contributed by atoms with Crippen LogP contribution in [0.25, 0.3) is 0 Å². The molecule has 0 radical (unpaired) electrons. The van der Waals surface area contributed by atoms with Crippen LogP contribution in [-0.2, 0) is 4.79 Å². The fraction of sp³-hybridized carbons (Fsp3) is 0.467. The highest BCUT2D eigenvalue weighted by Gasteiger charge is 2.40. The monoisotopic (exact) mass is 258 g/mol. The molecule has 1 saturated carbocycles. The lowest BCUT2D eigenvalue weighted by Crippen LogP contribution is -2.48. The van der Waals surface area contributed by atoms with Crippen molar-refractivity contribution in [3.8, 4) is 0 Å². The van der Waals surface area contributed by atoms with Crippen LogP contribution in [0.4, 0.5) is 5.69 Å². The van der Waals surface area contributed by atoms with Crippen molar-refractivity contribution in [1.29, 1.82) is 0 Å². The predicted octanol–water partition coefficient (Wildman–Crippen LogP) is 2.30. The van der Waals surface area contributed by atoms with Gasteiger partial charge in [-0.05, 0) is 37.5 Å². The van der Waals surface area contributed by atoms with E-state index < -0.39 is 0 Å². The smallest absolute Gasteiger partial charge is 0.261 e. The molecular formula is C15H18N2O2. The van der Waals surface area contributed by atoms with E-state index in [0.717, 1.165) is 31.2 Å². The van der Waals surface area contributed by atoms with Crippen LogP contribution in [0, 0.1) is 0 Å². The van der Waals surface area contributed by atoms with E-state index in [1.165, 1.54) is 4.90 Å². The molecule has 100 valence electrons. The topological polar surface area (TPSA) is 63.4 Å². The minimum absolute atomic E-state index is 0.0610. The third-order valence-electron chi connectivity index (χ3n) is 4.29. The molecular weight excluding hydrogens is 240 g/mol. The zero-order valence-electron chi connectivity index (χ0n) is 11.1. The van der Waals surface area contributed by atoms with Crippen molar-refractivity contribution in [2.75, 3.05) is 5.73 Å². The molecule has 1 aromatic rings. The lowest BCUT2D eigenvalue weighted by atomic mass is 9.88. The number of fused-ring (bicyclic) bond motifs is 1. The van der Waals surface area contributed by atoms with Crippen LogP contribution >= 0.6 is 0 Å². The molecule has 1 aliphatic carbocycles. The molecule has 0 aromatic heterocycles. The second-order valence-corrected chi connectivity index (χ2v) is 5.52. The van der Waals surface area contributed by atoms with Crippen molar-refractivity contribution in [2.24, 2.45) is 0 Å². The minimum Gasteiger partial charge on any atom is -0.399 e. The van der Waals surface area contributed by atoms with Crippen LogP contribution in [0.15, 0.2) is 18.2 Å². The van der Waals surface area contributed by atoms with Crippen molar-refractivity contribution in [3.63, 3.8) is 0 Å². The number of amides is 2. The number of hydrogen-bond acceptors (Lipinski definition) is 3. The average Bonchev–Trinajstić information content (AvgIpc) is 2.90. The van der Waals surface area contributed by atoms with Gasteiger partial charge in [-0.3, -0.25) is 14.5 Å². The standard InChI is InChI=1S/C15H18N2O2/c1-9-12-7-6-10(16)8-13(12)15(19)17(14(9)18)11-4-2-3-5-11/h6-9,11H,2-5,16H2,1H3. The zero-order valence-corrected chi connectivity index (χ0v) is 11.1. The number of benzene rings is 1. The van der Waals surface area contributed by atoms with E-state index in [0.29, 0.717) is 11.3 Å². The number of rotatable bonds is 1. The van der Waals surface area contributed by atoms with Gasteiger partial charge in [0.05, 0.1) is 5.92 Å². The van der Waals surface area contributed by atoms with E-state index in [4.69, 9.17) is 5.73 Å². The maximum absolute atomic E-state index is 12.6. The number of imide groups is 1. The Morgan fingerprint density at radius 3 is 2.58 bits per heavy atom. The summed E-state index contributed by atoms with van der Waals surface area (Å²) in [5, 5.41) is 0. The van der Waals surface area contributed by atoms with Gasteiger partial charge in [-0.2, -0.15) is 0 Å². The van der Waals surface area contributed by atoms with E-state index in [1.54, 1.807) is 18.2 Å². The van der Waals surface area contributed by atoms with Crippen molar-refractivity contribution in [2.45, 2.75) is 44.6 Å². The molecule has 1 atom stereocenters. The number of nitrogens with zero attached hydrogens (tertiary/aromatic N) is 1. The number of nitrogen functional groups attached to an aromatic ring is 1. The first kappa shape index (κ1) is 12.2. The third kappa shape index (κ3) is 1.82. The number of anilines is 1. The van der Waals surface area contributed by atoms with Crippen LogP contribution < -0.4 is 5.73 Å². The van der Waals surface area contributed by atoms with Crippen molar-refractivity contribution in [3.05, 3.63) is 29.3 Å². The lowest BCUT2D eigenvalue weighted by molar-refractivity contribution is -0.132. The Hall–Kier alpha value is -1.84. The van der Waals surface area contributed by atoms with Crippen LogP contribution in [0.1, 0.15) is 54.4 Å². The molecule has 19 heavy (non-hydrogen) atoms. The van der Waals surface area contributed by atoms with Gasteiger partial charge in [-0.15, -0.1) is 0 Å². The molecule has 2 N–H and O–H groups in total. The fourth-order valence-corrected chi connectivity index (χ4v) is 3.22. The molecule has 0 spiro atoms. The molecule has 2 aliphatic rings. The molecule has 1 fully saturated rings. The zero-order chi connectivity index (χ0) is 13.6. The SMILES string of the molecule is CC1C(=O)N(C2CCCC2)C(=O)c2cc(N)ccc21. The molecule has 1 aromatic carbocycles. The second-order valence-electron chi connectivity index (χ2n) is 5.52. The van der Waals surface area contributed by atoms with Gasteiger partial charge in [0, 0.05) is 17.3 Å². The van der Waals surface area contributed by atoms with Gasteiger partial charge in [0.1, 0.15) is 0 Å². The highest BCUT2D eigenvalue weighted by Crippen LogP contribution is 2.35. The average molecular weight is 258 g/mol. The maximum Gasteiger partial charge on any atom is 0.261 e. The summed E-state index contributed by atoms with van der Waals surface area (Å²) in [6.45, 7) is 1.87. The van der Waals surface area contributed by atoms with Gasteiger partial charge < -0.3 is 5.73 Å². The van der Waals surface area contributed by atoms with E-state index >= 15 is 0 Å². The minimum atomic E-state index is -0.256. The van der Waals surface area contributed by atoms with E-state index in [2.05, 4.69) is 0 Å². The first-order valence-corrected chi connectivity index (χ1v) is 6.86. The fourth-order valence-electron chi connectivity index (χ4n) is 3.22. The molecule has 4 heteroatoms. The summed E-state index contributed by atoms with van der Waals surface area (Å²) in [6.07, 6.45) is 4.06. The first-order chi connectivity index (χ1) is 9.09. The van der Waals surface area contributed by atoms with Gasteiger partial charge in [0.25, 0.3) is 5.91 Å².